The Labute approximate surface area is 204 Å². The minimum Gasteiger partial charge on any atom is -0.459 e. The van der Waals surface area contributed by atoms with Crippen molar-refractivity contribution < 1.29 is 50.2 Å². The third kappa shape index (κ3) is 5.85. The van der Waals surface area contributed by atoms with E-state index in [1.54, 1.807) is 30.3 Å². The van der Waals surface area contributed by atoms with Gasteiger partial charge in [0.2, 0.25) is 6.10 Å². The second-order valence-corrected chi connectivity index (χ2v) is 9.45. The maximum Gasteiger partial charge on any atom is 0.339 e. The van der Waals surface area contributed by atoms with Crippen LogP contribution in [0.5, 0.6) is 0 Å². The van der Waals surface area contributed by atoms with E-state index >= 15 is 8.78 Å². The topological polar surface area (TPSA) is 114 Å². The molecule has 1 aliphatic heterocycles. The number of esters is 2. The van der Waals surface area contributed by atoms with Crippen molar-refractivity contribution in [1.29, 1.82) is 0 Å². The standard InChI is InChI=1S/C24H20F2O9S/c1-36(29,30)35-34-23-24(25,26)20(33-22(28)16-8-3-2-4-9-16)19(32-23)14-31-21(27)18-12-11-15-7-5-6-10-17(15)13-18/h2-13,19-20,23H,14H2,1H3/t19-,20-,23?/m1/s1. The fourth-order valence-corrected chi connectivity index (χ4v) is 3.71. The van der Waals surface area contributed by atoms with E-state index in [0.717, 1.165) is 10.8 Å². The average molecular weight is 522 g/mol. The number of ether oxygens (including phenoxy) is 3. The van der Waals surface area contributed by atoms with E-state index < -0.39 is 53.1 Å². The van der Waals surface area contributed by atoms with E-state index in [-0.39, 0.29) is 11.1 Å². The lowest BCUT2D eigenvalue weighted by Gasteiger charge is -2.23. The summed E-state index contributed by atoms with van der Waals surface area (Å²) in [6.45, 7) is -0.757. The molecule has 1 aliphatic rings. The molecule has 190 valence electrons. The molecule has 1 saturated heterocycles. The summed E-state index contributed by atoms with van der Waals surface area (Å²) in [7, 11) is -4.27. The number of alkyl halides is 2. The van der Waals surface area contributed by atoms with Gasteiger partial charge in [-0.3, -0.25) is 0 Å². The van der Waals surface area contributed by atoms with Crippen molar-refractivity contribution in [3.05, 3.63) is 83.9 Å². The first kappa shape index (κ1) is 25.6. The largest absolute Gasteiger partial charge is 0.459 e. The van der Waals surface area contributed by atoms with Crippen LogP contribution in [0.25, 0.3) is 10.8 Å². The Morgan fingerprint density at radius 2 is 1.58 bits per heavy atom. The van der Waals surface area contributed by atoms with E-state index in [2.05, 4.69) is 9.22 Å². The predicted molar refractivity (Wildman–Crippen MR) is 120 cm³/mol. The first-order valence-corrected chi connectivity index (χ1v) is 12.4. The molecule has 0 radical (unpaired) electrons. The smallest absolute Gasteiger partial charge is 0.339 e. The Morgan fingerprint density at radius 3 is 2.28 bits per heavy atom. The zero-order chi connectivity index (χ0) is 25.9. The van der Waals surface area contributed by atoms with Gasteiger partial charge < -0.3 is 14.2 Å². The third-order valence-corrected chi connectivity index (χ3v) is 5.51. The molecule has 1 fully saturated rings. The van der Waals surface area contributed by atoms with Crippen molar-refractivity contribution in [2.75, 3.05) is 12.9 Å². The van der Waals surface area contributed by atoms with Gasteiger partial charge in [0.15, 0.2) is 0 Å². The van der Waals surface area contributed by atoms with Crippen LogP contribution in [0, 0.1) is 0 Å². The van der Waals surface area contributed by atoms with Gasteiger partial charge in [-0.1, -0.05) is 48.5 Å². The summed E-state index contributed by atoms with van der Waals surface area (Å²) in [5.74, 6) is -5.99. The van der Waals surface area contributed by atoms with Crippen molar-refractivity contribution in [2.45, 2.75) is 24.4 Å². The lowest BCUT2D eigenvalue weighted by Crippen LogP contribution is -2.45. The van der Waals surface area contributed by atoms with E-state index in [9.17, 15) is 18.0 Å². The fraction of sp³-hybridized carbons (Fsp3) is 0.250. The van der Waals surface area contributed by atoms with Gasteiger partial charge in [0.25, 0.3) is 16.4 Å². The minimum absolute atomic E-state index is 0.0167. The monoisotopic (exact) mass is 522 g/mol. The highest BCUT2D eigenvalue weighted by Crippen LogP contribution is 2.40. The zero-order valence-corrected chi connectivity index (χ0v) is 19.5. The van der Waals surface area contributed by atoms with Gasteiger partial charge in [0, 0.05) is 0 Å². The van der Waals surface area contributed by atoms with Gasteiger partial charge in [0.1, 0.15) is 12.7 Å². The normalized spacial score (nSPS) is 21.2. The quantitative estimate of drug-likeness (QED) is 0.249. The van der Waals surface area contributed by atoms with Crippen LogP contribution in [0.3, 0.4) is 0 Å². The fourth-order valence-electron chi connectivity index (χ4n) is 3.49. The van der Waals surface area contributed by atoms with Crippen molar-refractivity contribution in [2.24, 2.45) is 0 Å². The zero-order valence-electron chi connectivity index (χ0n) is 18.7. The summed E-state index contributed by atoms with van der Waals surface area (Å²) in [5, 5.41) is 1.64. The van der Waals surface area contributed by atoms with Crippen molar-refractivity contribution >= 4 is 32.8 Å². The van der Waals surface area contributed by atoms with Crippen LogP contribution in [0.15, 0.2) is 72.8 Å². The summed E-state index contributed by atoms with van der Waals surface area (Å²) in [6.07, 6.45) is -5.98. The van der Waals surface area contributed by atoms with Gasteiger partial charge in [-0.15, -0.1) is 4.33 Å². The molecule has 36 heavy (non-hydrogen) atoms. The number of hydrogen-bond acceptors (Lipinski definition) is 9. The van der Waals surface area contributed by atoms with E-state index in [0.29, 0.717) is 6.26 Å². The molecule has 0 bridgehead atoms. The predicted octanol–water partition coefficient (Wildman–Crippen LogP) is 3.49. The summed E-state index contributed by atoms with van der Waals surface area (Å²) >= 11 is 0. The van der Waals surface area contributed by atoms with Crippen LogP contribution in [0.1, 0.15) is 20.7 Å². The molecule has 4 rings (SSSR count). The molecular formula is C24H20F2O9S. The summed E-state index contributed by atoms with van der Waals surface area (Å²) in [4.78, 5) is 29.3. The first-order valence-electron chi connectivity index (χ1n) is 10.5. The van der Waals surface area contributed by atoms with Crippen LogP contribution in [0.2, 0.25) is 0 Å². The maximum absolute atomic E-state index is 15.1. The molecule has 9 nitrogen and oxygen atoms in total. The Hall–Kier alpha value is -3.45. The van der Waals surface area contributed by atoms with Crippen LogP contribution < -0.4 is 0 Å². The molecule has 3 aromatic rings. The maximum atomic E-state index is 15.1. The molecule has 3 aromatic carbocycles. The van der Waals surface area contributed by atoms with Crippen LogP contribution in [-0.2, 0) is 33.6 Å². The first-order chi connectivity index (χ1) is 17.0. The van der Waals surface area contributed by atoms with Crippen molar-refractivity contribution in [1.82, 2.24) is 0 Å². The second kappa shape index (κ2) is 10.3. The van der Waals surface area contributed by atoms with Gasteiger partial charge >= 0.3 is 17.9 Å². The van der Waals surface area contributed by atoms with Crippen molar-refractivity contribution in [3.8, 4) is 0 Å². The van der Waals surface area contributed by atoms with E-state index in [4.69, 9.17) is 14.2 Å². The number of carbonyl (C=O) groups is 2. The summed E-state index contributed by atoms with van der Waals surface area (Å²) in [5.41, 5.74) is 0.140. The van der Waals surface area contributed by atoms with Crippen LogP contribution >= 0.6 is 0 Å². The second-order valence-electron chi connectivity index (χ2n) is 7.90. The van der Waals surface area contributed by atoms with Crippen molar-refractivity contribution in [3.63, 3.8) is 0 Å². The molecule has 0 spiro atoms. The number of hydrogen-bond donors (Lipinski definition) is 0. The van der Waals surface area contributed by atoms with E-state index in [1.807, 2.05) is 12.1 Å². The third-order valence-electron chi connectivity index (χ3n) is 5.19. The Kier molecular flexibility index (Phi) is 7.31. The van der Waals surface area contributed by atoms with Gasteiger partial charge in [0.05, 0.1) is 17.4 Å². The number of rotatable bonds is 8. The average Bonchev–Trinajstić information content (AvgIpc) is 3.09. The van der Waals surface area contributed by atoms with Gasteiger partial charge in [-0.25, -0.2) is 9.59 Å². The molecular weight excluding hydrogens is 502 g/mol. The number of halogens is 2. The molecule has 0 N–H and O–H groups in total. The highest BCUT2D eigenvalue weighted by molar-refractivity contribution is 7.85. The molecule has 1 unspecified atom stereocenters. The number of fused-ring (bicyclic) bond motifs is 1. The van der Waals surface area contributed by atoms with Gasteiger partial charge in [-0.05, 0) is 35.0 Å². The molecule has 0 amide bonds. The SMILES string of the molecule is CS(=O)(=O)OOC1O[C@H](COC(=O)c2ccc3ccccc3c2)[C@@H](OC(=O)c2ccccc2)C1(F)F. The highest BCUT2D eigenvalue weighted by Gasteiger charge is 2.63. The number of benzene rings is 3. The summed E-state index contributed by atoms with van der Waals surface area (Å²) < 4.78 is 71.7. The molecule has 0 saturated carbocycles. The molecule has 1 heterocycles. The summed E-state index contributed by atoms with van der Waals surface area (Å²) in [6, 6.07) is 19.4. The Morgan fingerprint density at radius 1 is 0.917 bits per heavy atom. The number of carbonyl (C=O) groups excluding carboxylic acids is 2. The molecule has 0 aromatic heterocycles. The van der Waals surface area contributed by atoms with Gasteiger partial charge in [-0.2, -0.15) is 22.1 Å². The Bertz CT molecular complexity index is 1360. The molecule has 3 atom stereocenters. The molecule has 0 aliphatic carbocycles. The Balaban J connectivity index is 1.51. The lowest BCUT2D eigenvalue weighted by molar-refractivity contribution is -0.353. The lowest BCUT2D eigenvalue weighted by atomic mass is 10.1. The van der Waals surface area contributed by atoms with E-state index in [1.165, 1.54) is 30.3 Å². The molecule has 12 heteroatoms. The van der Waals surface area contributed by atoms with Crippen LogP contribution in [-0.4, -0.2) is 57.6 Å². The van der Waals surface area contributed by atoms with Crippen LogP contribution in [0.4, 0.5) is 8.78 Å². The minimum atomic E-state index is -4.27. The highest BCUT2D eigenvalue weighted by atomic mass is 32.2.